The minimum Gasteiger partial charge on any atom is -0.461 e. The molecule has 1 aromatic carbocycles. The highest BCUT2D eigenvalue weighted by molar-refractivity contribution is 5.94. The normalized spacial score (nSPS) is 10.9. The van der Waals surface area contributed by atoms with Crippen LogP contribution in [0.3, 0.4) is 0 Å². The van der Waals surface area contributed by atoms with Crippen LogP contribution in [0.2, 0.25) is 0 Å². The predicted molar refractivity (Wildman–Crippen MR) is 79.0 cm³/mol. The summed E-state index contributed by atoms with van der Waals surface area (Å²) < 4.78 is 8.63. The van der Waals surface area contributed by atoms with Crippen molar-refractivity contribution >= 4 is 16.8 Å². The summed E-state index contributed by atoms with van der Waals surface area (Å²) in [6.45, 7) is 4.33. The molecule has 0 atom stereocenters. The Morgan fingerprint density at radius 1 is 1.19 bits per heavy atom. The molecule has 3 rings (SSSR count). The number of para-hydroxylation sites is 2. The third kappa shape index (κ3) is 2.23. The van der Waals surface area contributed by atoms with Crippen molar-refractivity contribution in [1.29, 1.82) is 5.41 Å². The first-order valence-corrected chi connectivity index (χ1v) is 6.62. The molecule has 0 aliphatic heterocycles. The molecule has 0 fully saturated rings. The van der Waals surface area contributed by atoms with Crippen molar-refractivity contribution < 1.29 is 9.21 Å². The number of nitrogens with one attached hydrogen (secondary N) is 1. The van der Waals surface area contributed by atoms with E-state index in [1.807, 2.05) is 28.8 Å². The lowest BCUT2D eigenvalue weighted by Gasteiger charge is -2.02. The van der Waals surface area contributed by atoms with Gasteiger partial charge in [-0.2, -0.15) is 0 Å². The number of hydrogen-bond donors (Lipinski definition) is 1. The Hall–Kier alpha value is -2.82. The molecule has 5 nitrogen and oxygen atoms in total. The van der Waals surface area contributed by atoms with E-state index in [0.29, 0.717) is 12.3 Å². The summed E-state index contributed by atoms with van der Waals surface area (Å²) >= 11 is 0. The number of hydrogen-bond acceptors (Lipinski definition) is 3. The second kappa shape index (κ2) is 5.28. The summed E-state index contributed by atoms with van der Waals surface area (Å²) in [7, 11) is 0. The zero-order valence-corrected chi connectivity index (χ0v) is 11.5. The number of carbonyl (C=O) groups excluding carboxylic acids is 1. The monoisotopic (exact) mass is 281 g/mol. The fourth-order valence-corrected chi connectivity index (χ4v) is 2.43. The average Bonchev–Trinajstić information content (AvgIpc) is 3.11. The van der Waals surface area contributed by atoms with Gasteiger partial charge in [0, 0.05) is 6.54 Å². The van der Waals surface area contributed by atoms with Crippen LogP contribution >= 0.6 is 0 Å². The first kappa shape index (κ1) is 13.2. The van der Waals surface area contributed by atoms with E-state index >= 15 is 0 Å². The van der Waals surface area contributed by atoms with Crippen LogP contribution in [-0.2, 0) is 13.1 Å². The number of aromatic nitrogens is 2. The van der Waals surface area contributed by atoms with Crippen molar-refractivity contribution in [3.05, 3.63) is 66.7 Å². The molecule has 0 radical (unpaired) electrons. The van der Waals surface area contributed by atoms with E-state index in [1.165, 1.54) is 6.26 Å². The van der Waals surface area contributed by atoms with Crippen LogP contribution in [0, 0.1) is 5.41 Å². The number of Topliss-reactive ketones (excluding diaryl/α,β-unsaturated/α-hetero) is 1. The van der Waals surface area contributed by atoms with Crippen molar-refractivity contribution in [2.45, 2.75) is 13.1 Å². The van der Waals surface area contributed by atoms with Crippen LogP contribution in [0.4, 0.5) is 0 Å². The topological polar surface area (TPSA) is 63.9 Å². The summed E-state index contributed by atoms with van der Waals surface area (Å²) in [5.41, 5.74) is 2.04. The number of rotatable bonds is 5. The van der Waals surface area contributed by atoms with Gasteiger partial charge in [0.25, 0.3) is 0 Å². The molecule has 2 aromatic heterocycles. The number of imidazole rings is 1. The van der Waals surface area contributed by atoms with Gasteiger partial charge in [-0.25, -0.2) is 0 Å². The third-order valence-electron chi connectivity index (χ3n) is 3.38. The highest BCUT2D eigenvalue weighted by Crippen LogP contribution is 2.14. The summed E-state index contributed by atoms with van der Waals surface area (Å²) in [6.07, 6.45) is 3.21. The van der Waals surface area contributed by atoms with Gasteiger partial charge in [-0.3, -0.25) is 10.2 Å². The molecule has 0 unspecified atom stereocenters. The Bertz CT molecular complexity index is 853. The number of allylic oxidation sites excluding steroid dienone is 1. The number of furan rings is 1. The van der Waals surface area contributed by atoms with Crippen LogP contribution in [0.25, 0.3) is 11.0 Å². The standard InChI is InChI=1S/C16H15N3O2/c1-2-9-18-12-6-3-4-7-13(12)19(16(18)17)11-14(20)15-8-5-10-21-15/h2-8,10,17H,1,9,11H2. The first-order valence-electron chi connectivity index (χ1n) is 6.62. The van der Waals surface area contributed by atoms with Crippen LogP contribution in [0.5, 0.6) is 0 Å². The minimum absolute atomic E-state index is 0.0804. The molecule has 3 aromatic rings. The fourth-order valence-electron chi connectivity index (χ4n) is 2.43. The van der Waals surface area contributed by atoms with Gasteiger partial charge < -0.3 is 13.6 Å². The Morgan fingerprint density at radius 2 is 1.90 bits per heavy atom. The molecule has 0 bridgehead atoms. The molecule has 0 saturated heterocycles. The smallest absolute Gasteiger partial charge is 0.217 e. The lowest BCUT2D eigenvalue weighted by Crippen LogP contribution is -2.27. The first-order chi connectivity index (χ1) is 10.2. The van der Waals surface area contributed by atoms with Crippen molar-refractivity contribution in [3.63, 3.8) is 0 Å². The summed E-state index contributed by atoms with van der Waals surface area (Å²) in [4.78, 5) is 12.2. The predicted octanol–water partition coefficient (Wildman–Crippen LogP) is 2.58. The Morgan fingerprint density at radius 3 is 2.52 bits per heavy atom. The average molecular weight is 281 g/mol. The Labute approximate surface area is 121 Å². The lowest BCUT2D eigenvalue weighted by molar-refractivity contribution is 0.0944. The van der Waals surface area contributed by atoms with E-state index in [9.17, 15) is 4.79 Å². The van der Waals surface area contributed by atoms with Gasteiger partial charge in [0.2, 0.25) is 11.4 Å². The molecule has 106 valence electrons. The second-order valence-corrected chi connectivity index (χ2v) is 4.70. The molecular formula is C16H15N3O2. The van der Waals surface area contributed by atoms with Gasteiger partial charge in [0.05, 0.1) is 23.8 Å². The number of ketones is 1. The van der Waals surface area contributed by atoms with Crippen LogP contribution in [0.1, 0.15) is 10.6 Å². The largest absolute Gasteiger partial charge is 0.461 e. The maximum atomic E-state index is 12.2. The molecule has 0 amide bonds. The van der Waals surface area contributed by atoms with Gasteiger partial charge in [-0.05, 0) is 24.3 Å². The number of carbonyl (C=O) groups is 1. The highest BCUT2D eigenvalue weighted by atomic mass is 16.3. The van der Waals surface area contributed by atoms with Gasteiger partial charge in [0.1, 0.15) is 0 Å². The number of nitrogens with zero attached hydrogens (tertiary/aromatic N) is 2. The molecule has 21 heavy (non-hydrogen) atoms. The number of benzene rings is 1. The zero-order valence-electron chi connectivity index (χ0n) is 11.5. The third-order valence-corrected chi connectivity index (χ3v) is 3.38. The van der Waals surface area contributed by atoms with Gasteiger partial charge in [-0.15, -0.1) is 6.58 Å². The minimum atomic E-state index is -0.153. The van der Waals surface area contributed by atoms with Crippen LogP contribution in [-0.4, -0.2) is 14.9 Å². The van der Waals surface area contributed by atoms with Crippen LogP contribution in [0.15, 0.2) is 59.7 Å². The molecular weight excluding hydrogens is 266 g/mol. The fraction of sp³-hybridized carbons (Fsp3) is 0.125. The summed E-state index contributed by atoms with van der Waals surface area (Å²) in [5.74, 6) is 0.155. The lowest BCUT2D eigenvalue weighted by atomic mass is 10.3. The number of fused-ring (bicyclic) bond motifs is 1. The quantitative estimate of drug-likeness (QED) is 0.577. The molecule has 0 saturated carbocycles. The van der Waals surface area contributed by atoms with Crippen molar-refractivity contribution in [1.82, 2.24) is 9.13 Å². The van der Waals surface area contributed by atoms with E-state index in [2.05, 4.69) is 6.58 Å². The summed E-state index contributed by atoms with van der Waals surface area (Å²) in [6, 6.07) is 11.0. The van der Waals surface area contributed by atoms with E-state index < -0.39 is 0 Å². The van der Waals surface area contributed by atoms with Crippen molar-refractivity contribution in [2.75, 3.05) is 0 Å². The molecule has 0 aliphatic rings. The highest BCUT2D eigenvalue weighted by Gasteiger charge is 2.15. The molecule has 0 aliphatic carbocycles. The van der Waals surface area contributed by atoms with E-state index in [4.69, 9.17) is 9.83 Å². The van der Waals surface area contributed by atoms with Crippen molar-refractivity contribution in [3.8, 4) is 0 Å². The maximum absolute atomic E-state index is 12.2. The molecule has 0 spiro atoms. The van der Waals surface area contributed by atoms with Gasteiger partial charge in [0.15, 0.2) is 5.76 Å². The van der Waals surface area contributed by atoms with E-state index in [1.54, 1.807) is 22.8 Å². The van der Waals surface area contributed by atoms with Gasteiger partial charge >= 0.3 is 0 Å². The second-order valence-electron chi connectivity index (χ2n) is 4.70. The van der Waals surface area contributed by atoms with E-state index in [0.717, 1.165) is 11.0 Å². The maximum Gasteiger partial charge on any atom is 0.217 e. The molecule has 5 heteroatoms. The van der Waals surface area contributed by atoms with Gasteiger partial charge in [-0.1, -0.05) is 18.2 Å². The van der Waals surface area contributed by atoms with E-state index in [-0.39, 0.29) is 17.9 Å². The van der Waals surface area contributed by atoms with Crippen molar-refractivity contribution in [2.24, 2.45) is 0 Å². The SMILES string of the molecule is C=CCn1c(=N)n(CC(=O)c2ccco2)c2ccccc21. The summed E-state index contributed by atoms with van der Waals surface area (Å²) in [5, 5.41) is 8.29. The molecule has 2 heterocycles. The van der Waals surface area contributed by atoms with Crippen LogP contribution < -0.4 is 5.62 Å². The Kier molecular flexibility index (Phi) is 3.31. The zero-order chi connectivity index (χ0) is 14.8. The molecule has 1 N–H and O–H groups in total. The Balaban J connectivity index is 2.10.